The standard InChI is InChI=1S/C12H24O3Si/c1-5-16(6-2,7-3)12(10-13)8-9-15-11(4)14/h8,13H,5-7,9-10H2,1-4H3/b12-8+. The van der Waals surface area contributed by atoms with Gasteiger partial charge in [-0.2, -0.15) is 0 Å². The summed E-state index contributed by atoms with van der Waals surface area (Å²) < 4.78 is 4.90. The summed E-state index contributed by atoms with van der Waals surface area (Å²) in [6.45, 7) is 8.36. The zero-order chi connectivity index (χ0) is 12.6. The number of carbonyl (C=O) groups excluding carboxylic acids is 1. The topological polar surface area (TPSA) is 46.5 Å². The van der Waals surface area contributed by atoms with Gasteiger partial charge in [-0.25, -0.2) is 0 Å². The lowest BCUT2D eigenvalue weighted by molar-refractivity contribution is -0.139. The van der Waals surface area contributed by atoms with E-state index in [-0.39, 0.29) is 12.6 Å². The molecule has 0 saturated heterocycles. The maximum Gasteiger partial charge on any atom is 0.302 e. The van der Waals surface area contributed by atoms with Crippen molar-refractivity contribution in [3.8, 4) is 0 Å². The molecule has 4 heteroatoms. The fourth-order valence-electron chi connectivity index (χ4n) is 2.14. The van der Waals surface area contributed by atoms with Crippen molar-refractivity contribution in [1.29, 1.82) is 0 Å². The van der Waals surface area contributed by atoms with E-state index in [9.17, 15) is 9.90 Å². The van der Waals surface area contributed by atoms with Crippen LogP contribution in [0.5, 0.6) is 0 Å². The highest BCUT2D eigenvalue weighted by Gasteiger charge is 2.30. The Labute approximate surface area is 99.5 Å². The van der Waals surface area contributed by atoms with E-state index in [0.29, 0.717) is 6.61 Å². The smallest absolute Gasteiger partial charge is 0.302 e. The van der Waals surface area contributed by atoms with Gasteiger partial charge >= 0.3 is 5.97 Å². The predicted molar refractivity (Wildman–Crippen MR) is 69.0 cm³/mol. The van der Waals surface area contributed by atoms with Crippen LogP contribution < -0.4 is 0 Å². The van der Waals surface area contributed by atoms with Crippen LogP contribution in [0, 0.1) is 0 Å². The van der Waals surface area contributed by atoms with Crippen LogP contribution in [-0.2, 0) is 9.53 Å². The summed E-state index contributed by atoms with van der Waals surface area (Å²) in [5, 5.41) is 10.6. The molecule has 0 aromatic carbocycles. The van der Waals surface area contributed by atoms with Crippen molar-refractivity contribution >= 4 is 14.0 Å². The van der Waals surface area contributed by atoms with Gasteiger partial charge in [-0.05, 0) is 6.08 Å². The third-order valence-electron chi connectivity index (χ3n) is 3.50. The van der Waals surface area contributed by atoms with E-state index in [0.717, 1.165) is 23.3 Å². The van der Waals surface area contributed by atoms with Crippen LogP contribution in [0.25, 0.3) is 0 Å². The lowest BCUT2D eigenvalue weighted by Gasteiger charge is -2.30. The van der Waals surface area contributed by atoms with Crippen LogP contribution in [-0.4, -0.2) is 32.4 Å². The Kier molecular flexibility index (Phi) is 7.33. The lowest BCUT2D eigenvalue weighted by atomic mass is 10.5. The summed E-state index contributed by atoms with van der Waals surface area (Å²) in [6.07, 6.45) is 1.91. The van der Waals surface area contributed by atoms with E-state index in [1.807, 2.05) is 6.08 Å². The summed E-state index contributed by atoms with van der Waals surface area (Å²) in [5.41, 5.74) is 0. The minimum atomic E-state index is -1.50. The van der Waals surface area contributed by atoms with E-state index in [2.05, 4.69) is 20.8 Å². The summed E-state index contributed by atoms with van der Waals surface area (Å²) in [7, 11) is -1.50. The van der Waals surface area contributed by atoms with Crippen molar-refractivity contribution in [3.63, 3.8) is 0 Å². The van der Waals surface area contributed by atoms with E-state index in [1.54, 1.807) is 0 Å². The summed E-state index contributed by atoms with van der Waals surface area (Å²) in [5.74, 6) is -0.273. The van der Waals surface area contributed by atoms with Crippen molar-refractivity contribution in [2.75, 3.05) is 13.2 Å². The second-order valence-corrected chi connectivity index (χ2v) is 9.36. The van der Waals surface area contributed by atoms with Crippen molar-refractivity contribution < 1.29 is 14.6 Å². The Bertz CT molecular complexity index is 236. The lowest BCUT2D eigenvalue weighted by Crippen LogP contribution is -2.36. The summed E-state index contributed by atoms with van der Waals surface area (Å²) in [6, 6.07) is 3.39. The first-order chi connectivity index (χ1) is 7.56. The number of rotatable bonds is 7. The van der Waals surface area contributed by atoms with Gasteiger partial charge in [0.25, 0.3) is 0 Å². The predicted octanol–water partition coefficient (Wildman–Crippen LogP) is 2.52. The highest BCUT2D eigenvalue weighted by molar-refractivity contribution is 6.86. The number of ether oxygens (including phenoxy) is 1. The van der Waals surface area contributed by atoms with Gasteiger partial charge in [0.2, 0.25) is 0 Å². The van der Waals surface area contributed by atoms with Gasteiger partial charge in [0, 0.05) is 6.92 Å². The average Bonchev–Trinajstić information content (AvgIpc) is 2.29. The van der Waals surface area contributed by atoms with Crippen LogP contribution in [0.1, 0.15) is 27.7 Å². The molecule has 0 heterocycles. The van der Waals surface area contributed by atoms with Crippen LogP contribution in [0.4, 0.5) is 0 Å². The Balaban J connectivity index is 4.72. The molecule has 0 fully saturated rings. The molecular weight excluding hydrogens is 220 g/mol. The summed E-state index contributed by atoms with van der Waals surface area (Å²) in [4.78, 5) is 10.7. The second kappa shape index (κ2) is 7.63. The normalized spacial score (nSPS) is 12.7. The number of aliphatic hydroxyl groups excluding tert-OH is 1. The first-order valence-corrected chi connectivity index (χ1v) is 8.62. The van der Waals surface area contributed by atoms with Gasteiger partial charge in [-0.3, -0.25) is 4.79 Å². The minimum absolute atomic E-state index is 0.100. The first-order valence-electron chi connectivity index (χ1n) is 6.00. The van der Waals surface area contributed by atoms with Crippen molar-refractivity contribution in [3.05, 3.63) is 11.3 Å². The molecule has 0 atom stereocenters. The van der Waals surface area contributed by atoms with Gasteiger partial charge in [0.1, 0.15) is 6.61 Å². The molecular formula is C12H24O3Si. The van der Waals surface area contributed by atoms with Gasteiger partial charge in [-0.15, -0.1) is 0 Å². The largest absolute Gasteiger partial charge is 0.462 e. The number of aliphatic hydroxyl groups is 1. The van der Waals surface area contributed by atoms with Crippen molar-refractivity contribution in [2.24, 2.45) is 0 Å². The molecule has 0 aliphatic heterocycles. The number of hydrogen-bond donors (Lipinski definition) is 1. The average molecular weight is 244 g/mol. The molecule has 0 unspecified atom stereocenters. The molecule has 94 valence electrons. The van der Waals surface area contributed by atoms with Gasteiger partial charge in [0.05, 0.1) is 14.7 Å². The molecule has 0 aromatic rings. The molecule has 0 rings (SSSR count). The molecule has 0 spiro atoms. The molecule has 0 radical (unpaired) electrons. The molecule has 0 aromatic heterocycles. The van der Waals surface area contributed by atoms with E-state index in [1.165, 1.54) is 6.92 Å². The fourth-order valence-corrected chi connectivity index (χ4v) is 5.85. The third kappa shape index (κ3) is 4.10. The van der Waals surface area contributed by atoms with Crippen molar-refractivity contribution in [1.82, 2.24) is 0 Å². The van der Waals surface area contributed by atoms with Crippen LogP contribution >= 0.6 is 0 Å². The zero-order valence-electron chi connectivity index (χ0n) is 10.9. The first kappa shape index (κ1) is 15.4. The van der Waals surface area contributed by atoms with Gasteiger partial charge < -0.3 is 9.84 Å². The van der Waals surface area contributed by atoms with Crippen molar-refractivity contribution in [2.45, 2.75) is 45.8 Å². The SMILES string of the molecule is CC[Si](CC)(CC)/C(=C/COC(C)=O)CO. The Morgan fingerprint density at radius 2 is 1.75 bits per heavy atom. The van der Waals surface area contributed by atoms with E-state index < -0.39 is 8.07 Å². The van der Waals surface area contributed by atoms with E-state index >= 15 is 0 Å². The summed E-state index contributed by atoms with van der Waals surface area (Å²) >= 11 is 0. The quantitative estimate of drug-likeness (QED) is 0.553. The Morgan fingerprint density at radius 3 is 2.06 bits per heavy atom. The maximum absolute atomic E-state index is 10.7. The molecule has 0 aliphatic carbocycles. The molecule has 0 aliphatic rings. The number of hydrogen-bond acceptors (Lipinski definition) is 3. The Morgan fingerprint density at radius 1 is 1.25 bits per heavy atom. The molecule has 3 nitrogen and oxygen atoms in total. The van der Waals surface area contributed by atoms with Gasteiger partial charge in [-0.1, -0.05) is 44.1 Å². The third-order valence-corrected chi connectivity index (χ3v) is 9.28. The number of carbonyl (C=O) groups is 1. The van der Waals surface area contributed by atoms with Gasteiger partial charge in [0.15, 0.2) is 0 Å². The Hall–Kier alpha value is -0.613. The molecule has 1 N–H and O–H groups in total. The van der Waals surface area contributed by atoms with Crippen LogP contribution in [0.2, 0.25) is 18.1 Å². The molecule has 16 heavy (non-hydrogen) atoms. The minimum Gasteiger partial charge on any atom is -0.462 e. The van der Waals surface area contributed by atoms with Crippen LogP contribution in [0.15, 0.2) is 11.3 Å². The highest BCUT2D eigenvalue weighted by atomic mass is 28.3. The maximum atomic E-state index is 10.7. The van der Waals surface area contributed by atoms with Crippen LogP contribution in [0.3, 0.4) is 0 Å². The monoisotopic (exact) mass is 244 g/mol. The number of esters is 1. The fraction of sp³-hybridized carbons (Fsp3) is 0.750. The molecule has 0 saturated carbocycles. The molecule has 0 amide bonds. The zero-order valence-corrected chi connectivity index (χ0v) is 11.9. The highest BCUT2D eigenvalue weighted by Crippen LogP contribution is 2.28. The van der Waals surface area contributed by atoms with E-state index in [4.69, 9.17) is 4.74 Å². The second-order valence-electron chi connectivity index (χ2n) is 4.03. The molecule has 0 bridgehead atoms.